The van der Waals surface area contributed by atoms with Crippen molar-refractivity contribution in [2.24, 2.45) is 0 Å². The van der Waals surface area contributed by atoms with Gasteiger partial charge in [-0.3, -0.25) is 4.79 Å². The van der Waals surface area contributed by atoms with E-state index in [1.807, 2.05) is 0 Å². The molecule has 0 aromatic heterocycles. The third-order valence-corrected chi connectivity index (χ3v) is 7.54. The van der Waals surface area contributed by atoms with Crippen LogP contribution in [0.4, 0.5) is 23.2 Å². The maximum Gasteiger partial charge on any atom is 0.416 e. The van der Waals surface area contributed by atoms with Gasteiger partial charge in [0, 0.05) is 36.8 Å². The quantitative estimate of drug-likeness (QED) is 0.316. The van der Waals surface area contributed by atoms with Gasteiger partial charge in [-0.1, -0.05) is 31.4 Å². The summed E-state index contributed by atoms with van der Waals surface area (Å²) in [6.45, 7) is 1.72. The number of aliphatic hydroxyl groups is 1. The van der Waals surface area contributed by atoms with Crippen LogP contribution in [0.1, 0.15) is 79.3 Å². The van der Waals surface area contributed by atoms with E-state index in [9.17, 15) is 27.5 Å². The lowest BCUT2D eigenvalue weighted by Crippen LogP contribution is -2.43. The SMILES string of the molecule is O=C(CCCN1CCC(O)(c2cccc(C(F)(F)F)c2)CC1)c1ccc(F)cc1NC1CCCCC1. The summed E-state index contributed by atoms with van der Waals surface area (Å²) in [7, 11) is 0. The van der Waals surface area contributed by atoms with Crippen molar-refractivity contribution in [2.45, 2.75) is 75.6 Å². The fourth-order valence-electron chi connectivity index (χ4n) is 5.36. The van der Waals surface area contributed by atoms with Crippen molar-refractivity contribution >= 4 is 11.5 Å². The van der Waals surface area contributed by atoms with Gasteiger partial charge in [0.15, 0.2) is 5.78 Å². The number of piperidine rings is 1. The second-order valence-corrected chi connectivity index (χ2v) is 10.1. The highest BCUT2D eigenvalue weighted by Gasteiger charge is 2.37. The molecule has 2 aromatic rings. The molecule has 4 rings (SSSR count). The zero-order valence-corrected chi connectivity index (χ0v) is 20.4. The smallest absolute Gasteiger partial charge is 0.385 e. The van der Waals surface area contributed by atoms with Gasteiger partial charge in [0.05, 0.1) is 11.2 Å². The Morgan fingerprint density at radius 1 is 1.06 bits per heavy atom. The Labute approximate surface area is 209 Å². The highest BCUT2D eigenvalue weighted by Crippen LogP contribution is 2.37. The summed E-state index contributed by atoms with van der Waals surface area (Å²) in [6.07, 6.45) is 2.66. The summed E-state index contributed by atoms with van der Waals surface area (Å²) in [5.41, 5.74) is -0.675. The first-order valence-electron chi connectivity index (χ1n) is 12.9. The van der Waals surface area contributed by atoms with E-state index in [0.29, 0.717) is 62.1 Å². The summed E-state index contributed by atoms with van der Waals surface area (Å²) in [6, 6.07) is 9.47. The average molecular weight is 507 g/mol. The van der Waals surface area contributed by atoms with Gasteiger partial charge in [0.25, 0.3) is 0 Å². The van der Waals surface area contributed by atoms with Crippen LogP contribution in [-0.4, -0.2) is 41.5 Å². The van der Waals surface area contributed by atoms with E-state index in [1.165, 1.54) is 24.6 Å². The molecule has 1 aliphatic carbocycles. The number of Topliss-reactive ketones (excluding diaryl/α,β-unsaturated/α-hetero) is 1. The molecule has 2 fully saturated rings. The normalized spacial score (nSPS) is 19.2. The van der Waals surface area contributed by atoms with Crippen LogP contribution in [0.2, 0.25) is 0 Å². The van der Waals surface area contributed by atoms with Crippen LogP contribution in [0, 0.1) is 5.82 Å². The molecule has 2 aromatic carbocycles. The third-order valence-electron chi connectivity index (χ3n) is 7.54. The summed E-state index contributed by atoms with van der Waals surface area (Å²) < 4.78 is 53.1. The van der Waals surface area contributed by atoms with Gasteiger partial charge in [-0.25, -0.2) is 4.39 Å². The minimum absolute atomic E-state index is 0.0363. The van der Waals surface area contributed by atoms with Gasteiger partial charge in [-0.2, -0.15) is 13.2 Å². The number of nitrogens with zero attached hydrogens (tertiary/aromatic N) is 1. The van der Waals surface area contributed by atoms with Gasteiger partial charge in [0.1, 0.15) is 5.82 Å². The summed E-state index contributed by atoms with van der Waals surface area (Å²) in [5, 5.41) is 14.4. The summed E-state index contributed by atoms with van der Waals surface area (Å²) in [5.74, 6) is -0.405. The minimum atomic E-state index is -4.45. The number of ketones is 1. The predicted octanol–water partition coefficient (Wildman–Crippen LogP) is 6.54. The number of hydrogen-bond donors (Lipinski definition) is 2. The van der Waals surface area contributed by atoms with Crippen LogP contribution in [-0.2, 0) is 11.8 Å². The Hall–Kier alpha value is -2.45. The Balaban J connectivity index is 1.29. The summed E-state index contributed by atoms with van der Waals surface area (Å²) in [4.78, 5) is 15.1. The van der Waals surface area contributed by atoms with Crippen LogP contribution in [0.5, 0.6) is 0 Å². The topological polar surface area (TPSA) is 52.6 Å². The van der Waals surface area contributed by atoms with E-state index >= 15 is 0 Å². The van der Waals surface area contributed by atoms with Crippen LogP contribution in [0.3, 0.4) is 0 Å². The van der Waals surface area contributed by atoms with Crippen molar-refractivity contribution in [3.8, 4) is 0 Å². The summed E-state index contributed by atoms with van der Waals surface area (Å²) >= 11 is 0. The van der Waals surface area contributed by atoms with Crippen LogP contribution in [0.15, 0.2) is 42.5 Å². The molecule has 2 N–H and O–H groups in total. The molecule has 1 aliphatic heterocycles. The number of rotatable bonds is 8. The van der Waals surface area contributed by atoms with Crippen molar-refractivity contribution in [1.82, 2.24) is 4.90 Å². The molecular formula is C28H34F4N2O2. The molecule has 0 amide bonds. The molecule has 1 saturated heterocycles. The second kappa shape index (κ2) is 11.3. The Morgan fingerprint density at radius 2 is 1.78 bits per heavy atom. The first kappa shape index (κ1) is 26.6. The first-order valence-corrected chi connectivity index (χ1v) is 12.9. The van der Waals surface area contributed by atoms with E-state index in [2.05, 4.69) is 10.2 Å². The van der Waals surface area contributed by atoms with Crippen molar-refractivity contribution < 1.29 is 27.5 Å². The molecule has 0 unspecified atom stereocenters. The molecule has 4 nitrogen and oxygen atoms in total. The van der Waals surface area contributed by atoms with Gasteiger partial charge in [-0.15, -0.1) is 0 Å². The lowest BCUT2D eigenvalue weighted by molar-refractivity contribution is -0.137. The van der Waals surface area contributed by atoms with Crippen molar-refractivity contribution in [3.63, 3.8) is 0 Å². The number of halogens is 4. The number of likely N-dealkylation sites (tertiary alicyclic amines) is 1. The van der Waals surface area contributed by atoms with Gasteiger partial charge >= 0.3 is 6.18 Å². The predicted molar refractivity (Wildman–Crippen MR) is 131 cm³/mol. The van der Waals surface area contributed by atoms with Crippen molar-refractivity contribution in [2.75, 3.05) is 25.0 Å². The third kappa shape index (κ3) is 6.65. The lowest BCUT2D eigenvalue weighted by Gasteiger charge is -2.38. The van der Waals surface area contributed by atoms with E-state index in [0.717, 1.165) is 37.8 Å². The zero-order valence-electron chi connectivity index (χ0n) is 20.4. The van der Waals surface area contributed by atoms with Crippen LogP contribution >= 0.6 is 0 Å². The van der Waals surface area contributed by atoms with Gasteiger partial charge < -0.3 is 15.3 Å². The number of carbonyl (C=O) groups is 1. The molecule has 1 saturated carbocycles. The second-order valence-electron chi connectivity index (χ2n) is 10.1. The number of hydrogen-bond acceptors (Lipinski definition) is 4. The maximum atomic E-state index is 13.9. The van der Waals surface area contributed by atoms with Gasteiger partial charge in [0.2, 0.25) is 0 Å². The highest BCUT2D eigenvalue weighted by molar-refractivity contribution is 6.01. The minimum Gasteiger partial charge on any atom is -0.385 e. The average Bonchev–Trinajstić information content (AvgIpc) is 2.85. The molecular weight excluding hydrogens is 472 g/mol. The van der Waals surface area contributed by atoms with Crippen LogP contribution < -0.4 is 5.32 Å². The maximum absolute atomic E-state index is 13.9. The van der Waals surface area contributed by atoms with E-state index < -0.39 is 17.3 Å². The number of alkyl halides is 3. The molecule has 0 atom stereocenters. The largest absolute Gasteiger partial charge is 0.416 e. The molecule has 1 heterocycles. The van der Waals surface area contributed by atoms with E-state index in [1.54, 1.807) is 12.1 Å². The molecule has 8 heteroatoms. The Kier molecular flexibility index (Phi) is 8.35. The molecule has 0 spiro atoms. The first-order chi connectivity index (χ1) is 17.1. The fraction of sp³-hybridized carbons (Fsp3) is 0.536. The van der Waals surface area contributed by atoms with E-state index in [-0.39, 0.29) is 17.6 Å². The Bertz CT molecular complexity index is 1040. The molecule has 36 heavy (non-hydrogen) atoms. The number of benzene rings is 2. The molecule has 196 valence electrons. The van der Waals surface area contributed by atoms with Crippen LogP contribution in [0.25, 0.3) is 0 Å². The number of carbonyl (C=O) groups excluding carboxylic acids is 1. The zero-order chi connectivity index (χ0) is 25.8. The van der Waals surface area contributed by atoms with Crippen molar-refractivity contribution in [3.05, 3.63) is 65.0 Å². The van der Waals surface area contributed by atoms with Crippen molar-refractivity contribution in [1.29, 1.82) is 0 Å². The number of anilines is 1. The molecule has 0 radical (unpaired) electrons. The molecule has 2 aliphatic rings. The molecule has 0 bridgehead atoms. The van der Waals surface area contributed by atoms with E-state index in [4.69, 9.17) is 0 Å². The Morgan fingerprint density at radius 3 is 2.47 bits per heavy atom. The highest BCUT2D eigenvalue weighted by atomic mass is 19.4. The standard InChI is InChI=1S/C28H34F4N2O2/c29-22-11-12-24(25(19-22)33-23-8-2-1-3-9-23)26(35)10-5-15-34-16-13-27(36,14-17-34)20-6-4-7-21(18-20)28(30,31)32/h4,6-7,11-12,18-19,23,33,36H,1-3,5,8-10,13-17H2. The lowest BCUT2D eigenvalue weighted by atomic mass is 9.83. The number of nitrogens with one attached hydrogen (secondary N) is 1. The fourth-order valence-corrected chi connectivity index (χ4v) is 5.36. The van der Waals surface area contributed by atoms with Gasteiger partial charge in [-0.05, 0) is 74.5 Å². The monoisotopic (exact) mass is 506 g/mol.